The highest BCUT2D eigenvalue weighted by atomic mass is 32.2. The van der Waals surface area contributed by atoms with Gasteiger partial charge in [0.05, 0.1) is 19.9 Å². The molecule has 0 radical (unpaired) electrons. The molecule has 1 amide bonds. The standard InChI is InChI=1S/C23H26N4O5S/c1-31-18-9-7-17(8-10-18)24-23(28)20-15-19(25-26-20)16-6-11-21(32-2)22(14-16)33(29,30)27-12-4-3-5-13-27/h6-11,14-15H,3-5,12-13H2,1-2H3,(H,24,28)(H,25,26). The summed E-state index contributed by atoms with van der Waals surface area (Å²) in [6, 6.07) is 13.4. The third-order valence-electron chi connectivity index (χ3n) is 5.56. The Bertz CT molecular complexity index is 1230. The van der Waals surface area contributed by atoms with E-state index in [1.807, 2.05) is 0 Å². The molecule has 0 spiro atoms. The number of hydrogen-bond donors (Lipinski definition) is 2. The van der Waals surface area contributed by atoms with Crippen LogP contribution in [0.15, 0.2) is 53.4 Å². The fourth-order valence-corrected chi connectivity index (χ4v) is 5.44. The first-order valence-electron chi connectivity index (χ1n) is 10.6. The lowest BCUT2D eigenvalue weighted by atomic mass is 10.1. The molecule has 33 heavy (non-hydrogen) atoms. The number of amides is 1. The van der Waals surface area contributed by atoms with Crippen molar-refractivity contribution in [3.63, 3.8) is 0 Å². The molecule has 4 rings (SSSR count). The maximum Gasteiger partial charge on any atom is 0.273 e. The molecular formula is C23H26N4O5S. The van der Waals surface area contributed by atoms with E-state index < -0.39 is 10.0 Å². The summed E-state index contributed by atoms with van der Waals surface area (Å²) >= 11 is 0. The molecule has 2 aromatic carbocycles. The Hall–Kier alpha value is -3.37. The molecule has 1 aromatic heterocycles. The van der Waals surface area contributed by atoms with Gasteiger partial charge in [-0.25, -0.2) is 8.42 Å². The van der Waals surface area contributed by atoms with Gasteiger partial charge in [-0.05, 0) is 61.4 Å². The predicted octanol–water partition coefficient (Wildman–Crippen LogP) is 3.52. The van der Waals surface area contributed by atoms with Gasteiger partial charge in [0.1, 0.15) is 22.1 Å². The molecule has 0 bridgehead atoms. The first-order valence-corrected chi connectivity index (χ1v) is 12.1. The molecule has 2 N–H and O–H groups in total. The number of benzene rings is 2. The minimum absolute atomic E-state index is 0.0941. The molecule has 0 unspecified atom stereocenters. The van der Waals surface area contributed by atoms with Gasteiger partial charge in [-0.15, -0.1) is 0 Å². The molecule has 0 saturated carbocycles. The zero-order valence-corrected chi connectivity index (χ0v) is 19.3. The van der Waals surface area contributed by atoms with Crippen LogP contribution in [0.3, 0.4) is 0 Å². The smallest absolute Gasteiger partial charge is 0.273 e. The summed E-state index contributed by atoms with van der Waals surface area (Å²) in [6.45, 7) is 0.988. The Labute approximate surface area is 192 Å². The molecule has 2 heterocycles. The molecule has 1 fully saturated rings. The van der Waals surface area contributed by atoms with E-state index >= 15 is 0 Å². The Morgan fingerprint density at radius 3 is 2.39 bits per heavy atom. The molecule has 1 aliphatic rings. The van der Waals surface area contributed by atoms with Crippen molar-refractivity contribution in [1.82, 2.24) is 14.5 Å². The molecule has 0 aliphatic carbocycles. The highest BCUT2D eigenvalue weighted by Crippen LogP contribution is 2.32. The Morgan fingerprint density at radius 1 is 1.00 bits per heavy atom. The van der Waals surface area contributed by atoms with Crippen molar-refractivity contribution in [2.45, 2.75) is 24.2 Å². The number of H-pyrrole nitrogens is 1. The summed E-state index contributed by atoms with van der Waals surface area (Å²) in [4.78, 5) is 12.7. The van der Waals surface area contributed by atoms with Crippen LogP contribution in [0.1, 0.15) is 29.8 Å². The molecule has 9 nitrogen and oxygen atoms in total. The number of aromatic nitrogens is 2. The molecule has 0 atom stereocenters. The van der Waals surface area contributed by atoms with Gasteiger partial charge in [0.25, 0.3) is 5.91 Å². The van der Waals surface area contributed by atoms with Crippen molar-refractivity contribution in [1.29, 1.82) is 0 Å². The molecule has 174 valence electrons. The van der Waals surface area contributed by atoms with Crippen LogP contribution in [0.4, 0.5) is 5.69 Å². The first-order chi connectivity index (χ1) is 15.9. The van der Waals surface area contributed by atoms with Gasteiger partial charge in [0.2, 0.25) is 10.0 Å². The van der Waals surface area contributed by atoms with Gasteiger partial charge in [-0.3, -0.25) is 9.89 Å². The van der Waals surface area contributed by atoms with Crippen LogP contribution in [0.25, 0.3) is 11.3 Å². The Balaban J connectivity index is 1.58. The van der Waals surface area contributed by atoms with Crippen molar-refractivity contribution >= 4 is 21.6 Å². The second kappa shape index (κ2) is 9.63. The van der Waals surface area contributed by atoms with E-state index in [0.717, 1.165) is 19.3 Å². The normalized spacial score (nSPS) is 14.6. The van der Waals surface area contributed by atoms with E-state index in [1.54, 1.807) is 55.6 Å². The van der Waals surface area contributed by atoms with Gasteiger partial charge >= 0.3 is 0 Å². The van der Waals surface area contributed by atoms with E-state index in [2.05, 4.69) is 15.5 Å². The van der Waals surface area contributed by atoms with Crippen molar-refractivity contribution in [2.75, 3.05) is 32.6 Å². The number of nitrogens with zero attached hydrogens (tertiary/aromatic N) is 2. The third-order valence-corrected chi connectivity index (χ3v) is 7.48. The van der Waals surface area contributed by atoms with E-state index in [1.165, 1.54) is 11.4 Å². The number of rotatable bonds is 7. The maximum atomic E-state index is 13.3. The van der Waals surface area contributed by atoms with Crippen LogP contribution in [0.2, 0.25) is 0 Å². The monoisotopic (exact) mass is 470 g/mol. The number of anilines is 1. The van der Waals surface area contributed by atoms with Gasteiger partial charge in [-0.2, -0.15) is 9.40 Å². The number of hydrogen-bond acceptors (Lipinski definition) is 6. The van der Waals surface area contributed by atoms with Crippen LogP contribution < -0.4 is 14.8 Å². The summed E-state index contributed by atoms with van der Waals surface area (Å²) in [5.41, 5.74) is 1.87. The number of methoxy groups -OCH3 is 2. The quantitative estimate of drug-likeness (QED) is 0.546. The minimum Gasteiger partial charge on any atom is -0.497 e. The van der Waals surface area contributed by atoms with Crippen LogP contribution in [-0.4, -0.2) is 56.1 Å². The number of aromatic amines is 1. The SMILES string of the molecule is COc1ccc(NC(=O)c2cc(-c3ccc(OC)c(S(=O)(=O)N4CCCCC4)c3)n[nH]2)cc1. The highest BCUT2D eigenvalue weighted by molar-refractivity contribution is 7.89. The molecule has 1 aliphatic heterocycles. The topological polar surface area (TPSA) is 114 Å². The molecule has 3 aromatic rings. The summed E-state index contributed by atoms with van der Waals surface area (Å²) in [7, 11) is -0.694. The lowest BCUT2D eigenvalue weighted by molar-refractivity contribution is 0.102. The van der Waals surface area contributed by atoms with Crippen molar-refractivity contribution in [3.05, 3.63) is 54.2 Å². The summed E-state index contributed by atoms with van der Waals surface area (Å²) < 4.78 is 38.5. The highest BCUT2D eigenvalue weighted by Gasteiger charge is 2.29. The van der Waals surface area contributed by atoms with Crippen LogP contribution in [-0.2, 0) is 10.0 Å². The Kier molecular flexibility index (Phi) is 6.66. The average Bonchev–Trinajstić information content (AvgIpc) is 3.35. The van der Waals surface area contributed by atoms with Gasteiger partial charge in [-0.1, -0.05) is 6.42 Å². The van der Waals surface area contributed by atoms with Crippen LogP contribution in [0, 0.1) is 0 Å². The van der Waals surface area contributed by atoms with E-state index in [-0.39, 0.29) is 22.2 Å². The van der Waals surface area contributed by atoms with Crippen LogP contribution >= 0.6 is 0 Å². The predicted molar refractivity (Wildman–Crippen MR) is 124 cm³/mol. The number of sulfonamides is 1. The van der Waals surface area contributed by atoms with Crippen molar-refractivity contribution in [2.24, 2.45) is 0 Å². The summed E-state index contributed by atoms with van der Waals surface area (Å²) in [6.07, 6.45) is 2.71. The van der Waals surface area contributed by atoms with Crippen LogP contribution in [0.5, 0.6) is 11.5 Å². The average molecular weight is 471 g/mol. The number of piperidine rings is 1. The minimum atomic E-state index is -3.71. The lowest BCUT2D eigenvalue weighted by Gasteiger charge is -2.26. The molecule has 1 saturated heterocycles. The molecular weight excluding hydrogens is 444 g/mol. The summed E-state index contributed by atoms with van der Waals surface area (Å²) in [5.74, 6) is 0.595. The number of ether oxygens (including phenoxy) is 2. The lowest BCUT2D eigenvalue weighted by Crippen LogP contribution is -2.35. The first kappa shape index (κ1) is 22.8. The third kappa shape index (κ3) is 4.86. The largest absolute Gasteiger partial charge is 0.497 e. The maximum absolute atomic E-state index is 13.3. The Morgan fingerprint density at radius 2 is 1.73 bits per heavy atom. The fourth-order valence-electron chi connectivity index (χ4n) is 3.74. The van der Waals surface area contributed by atoms with E-state index in [0.29, 0.717) is 35.8 Å². The van der Waals surface area contributed by atoms with E-state index in [9.17, 15) is 13.2 Å². The second-order valence-corrected chi connectivity index (χ2v) is 9.59. The van der Waals surface area contributed by atoms with E-state index in [4.69, 9.17) is 9.47 Å². The number of carbonyl (C=O) groups excluding carboxylic acids is 1. The number of nitrogens with one attached hydrogen (secondary N) is 2. The second-order valence-electron chi connectivity index (χ2n) is 7.68. The van der Waals surface area contributed by atoms with Gasteiger partial charge in [0.15, 0.2) is 0 Å². The van der Waals surface area contributed by atoms with Crippen molar-refractivity contribution in [3.8, 4) is 22.8 Å². The fraction of sp³-hybridized carbons (Fsp3) is 0.304. The van der Waals surface area contributed by atoms with Gasteiger partial charge in [0, 0.05) is 24.3 Å². The van der Waals surface area contributed by atoms with Crippen molar-refractivity contribution < 1.29 is 22.7 Å². The van der Waals surface area contributed by atoms with Gasteiger partial charge < -0.3 is 14.8 Å². The zero-order chi connectivity index (χ0) is 23.4. The number of carbonyl (C=O) groups is 1. The molecule has 10 heteroatoms. The summed E-state index contributed by atoms with van der Waals surface area (Å²) in [5, 5.41) is 9.71. The zero-order valence-electron chi connectivity index (χ0n) is 18.5.